The van der Waals surface area contributed by atoms with Crippen LogP contribution in [0.25, 0.3) is 0 Å². The second-order valence-electron chi connectivity index (χ2n) is 3.32. The lowest BCUT2D eigenvalue weighted by Crippen LogP contribution is -2.21. The number of hydrogen-bond acceptors (Lipinski definition) is 2. The lowest BCUT2D eigenvalue weighted by atomic mass is 10.1. The SMILES string of the molecule is CCc1cccc(CC)c1S(=O)(=O)NC. The van der Waals surface area contributed by atoms with E-state index < -0.39 is 10.0 Å². The maximum Gasteiger partial charge on any atom is 0.240 e. The first kappa shape index (κ1) is 12.2. The van der Waals surface area contributed by atoms with Crippen LogP contribution in [-0.2, 0) is 22.9 Å². The Morgan fingerprint density at radius 2 is 1.60 bits per heavy atom. The molecule has 4 heteroatoms. The molecule has 0 atom stereocenters. The molecule has 1 N–H and O–H groups in total. The zero-order chi connectivity index (χ0) is 11.5. The first-order chi connectivity index (χ1) is 7.06. The molecule has 0 aliphatic heterocycles. The van der Waals surface area contributed by atoms with E-state index in [1.807, 2.05) is 32.0 Å². The molecule has 0 unspecified atom stereocenters. The fraction of sp³-hybridized carbons (Fsp3) is 0.455. The summed E-state index contributed by atoms with van der Waals surface area (Å²) in [4.78, 5) is 0.456. The van der Waals surface area contributed by atoms with Gasteiger partial charge in [-0.1, -0.05) is 32.0 Å². The molecular weight excluding hydrogens is 210 g/mol. The third-order valence-corrected chi connectivity index (χ3v) is 4.08. The summed E-state index contributed by atoms with van der Waals surface area (Å²) in [5.41, 5.74) is 1.76. The summed E-state index contributed by atoms with van der Waals surface area (Å²) in [5, 5.41) is 0. The van der Waals surface area contributed by atoms with E-state index in [2.05, 4.69) is 4.72 Å². The highest BCUT2D eigenvalue weighted by Crippen LogP contribution is 2.21. The molecule has 0 amide bonds. The molecule has 0 aromatic heterocycles. The first-order valence-electron chi connectivity index (χ1n) is 5.11. The van der Waals surface area contributed by atoms with E-state index in [1.165, 1.54) is 7.05 Å². The van der Waals surface area contributed by atoms with Crippen molar-refractivity contribution in [3.8, 4) is 0 Å². The van der Waals surface area contributed by atoms with Crippen molar-refractivity contribution in [2.45, 2.75) is 31.6 Å². The zero-order valence-electron chi connectivity index (χ0n) is 9.37. The molecule has 1 rings (SSSR count). The van der Waals surface area contributed by atoms with Crippen LogP contribution in [0.2, 0.25) is 0 Å². The summed E-state index contributed by atoms with van der Waals surface area (Å²) < 4.78 is 26.1. The lowest BCUT2D eigenvalue weighted by molar-refractivity contribution is 0.586. The van der Waals surface area contributed by atoms with E-state index in [0.717, 1.165) is 24.0 Å². The molecule has 0 saturated carbocycles. The van der Waals surface area contributed by atoms with E-state index >= 15 is 0 Å². The van der Waals surface area contributed by atoms with Crippen LogP contribution >= 0.6 is 0 Å². The van der Waals surface area contributed by atoms with Crippen molar-refractivity contribution in [3.63, 3.8) is 0 Å². The van der Waals surface area contributed by atoms with Crippen LogP contribution in [-0.4, -0.2) is 15.5 Å². The summed E-state index contributed by atoms with van der Waals surface area (Å²) in [6, 6.07) is 5.64. The van der Waals surface area contributed by atoms with Crippen LogP contribution in [0.15, 0.2) is 23.1 Å². The van der Waals surface area contributed by atoms with Crippen LogP contribution in [0.5, 0.6) is 0 Å². The number of benzene rings is 1. The number of aryl methyl sites for hydroxylation is 2. The van der Waals surface area contributed by atoms with Gasteiger partial charge in [0.15, 0.2) is 0 Å². The highest BCUT2D eigenvalue weighted by Gasteiger charge is 2.18. The summed E-state index contributed by atoms with van der Waals surface area (Å²) >= 11 is 0. The van der Waals surface area contributed by atoms with Crippen LogP contribution in [0.4, 0.5) is 0 Å². The summed E-state index contributed by atoms with van der Waals surface area (Å²) in [6.45, 7) is 3.92. The molecule has 15 heavy (non-hydrogen) atoms. The summed E-state index contributed by atoms with van der Waals surface area (Å²) in [6.07, 6.45) is 1.45. The van der Waals surface area contributed by atoms with Crippen LogP contribution < -0.4 is 4.72 Å². The van der Waals surface area contributed by atoms with Gasteiger partial charge in [0.05, 0.1) is 4.90 Å². The minimum atomic E-state index is -3.33. The number of rotatable bonds is 4. The van der Waals surface area contributed by atoms with Crippen molar-refractivity contribution < 1.29 is 8.42 Å². The Bertz CT molecular complexity index is 416. The molecule has 3 nitrogen and oxygen atoms in total. The molecule has 1 aromatic rings. The van der Waals surface area contributed by atoms with E-state index in [1.54, 1.807) is 0 Å². The second kappa shape index (κ2) is 4.77. The molecule has 0 fully saturated rings. The van der Waals surface area contributed by atoms with Gasteiger partial charge in [-0.25, -0.2) is 13.1 Å². The Balaban J connectivity index is 3.49. The Kier molecular flexibility index (Phi) is 3.88. The average molecular weight is 227 g/mol. The van der Waals surface area contributed by atoms with Crippen LogP contribution in [0.3, 0.4) is 0 Å². The number of hydrogen-bond donors (Lipinski definition) is 1. The van der Waals surface area contributed by atoms with Crippen LogP contribution in [0.1, 0.15) is 25.0 Å². The molecular formula is C11H17NO2S. The fourth-order valence-corrected chi connectivity index (χ4v) is 2.96. The lowest BCUT2D eigenvalue weighted by Gasteiger charge is -2.12. The second-order valence-corrected chi connectivity index (χ2v) is 5.14. The Morgan fingerprint density at radius 1 is 1.13 bits per heavy atom. The predicted molar refractivity (Wildman–Crippen MR) is 61.4 cm³/mol. The van der Waals surface area contributed by atoms with Crippen molar-refractivity contribution >= 4 is 10.0 Å². The third-order valence-electron chi connectivity index (χ3n) is 2.48. The quantitative estimate of drug-likeness (QED) is 0.851. The van der Waals surface area contributed by atoms with Crippen molar-refractivity contribution in [3.05, 3.63) is 29.3 Å². The normalized spacial score (nSPS) is 11.7. The number of nitrogens with one attached hydrogen (secondary N) is 1. The van der Waals surface area contributed by atoms with Crippen molar-refractivity contribution in [1.29, 1.82) is 0 Å². The minimum Gasteiger partial charge on any atom is -0.214 e. The highest BCUT2D eigenvalue weighted by atomic mass is 32.2. The Labute approximate surface area is 91.6 Å². The van der Waals surface area contributed by atoms with E-state index in [0.29, 0.717) is 4.90 Å². The first-order valence-corrected chi connectivity index (χ1v) is 6.59. The van der Waals surface area contributed by atoms with E-state index in [-0.39, 0.29) is 0 Å². The molecule has 0 saturated heterocycles. The largest absolute Gasteiger partial charge is 0.240 e. The zero-order valence-corrected chi connectivity index (χ0v) is 10.2. The van der Waals surface area contributed by atoms with Gasteiger partial charge in [0.2, 0.25) is 10.0 Å². The summed E-state index contributed by atoms with van der Waals surface area (Å²) in [7, 11) is -1.89. The average Bonchev–Trinajstić information content (AvgIpc) is 2.27. The smallest absolute Gasteiger partial charge is 0.214 e. The molecule has 1 aromatic carbocycles. The fourth-order valence-electron chi connectivity index (χ4n) is 1.64. The summed E-state index contributed by atoms with van der Waals surface area (Å²) in [5.74, 6) is 0. The molecule has 0 radical (unpaired) electrons. The Morgan fingerprint density at radius 3 is 1.93 bits per heavy atom. The molecule has 0 aliphatic carbocycles. The molecule has 84 valence electrons. The van der Waals surface area contributed by atoms with Gasteiger partial charge >= 0.3 is 0 Å². The van der Waals surface area contributed by atoms with Crippen molar-refractivity contribution in [1.82, 2.24) is 4.72 Å². The van der Waals surface area contributed by atoms with Gasteiger partial charge in [-0.2, -0.15) is 0 Å². The monoisotopic (exact) mass is 227 g/mol. The van der Waals surface area contributed by atoms with E-state index in [4.69, 9.17) is 0 Å². The predicted octanol–water partition coefficient (Wildman–Crippen LogP) is 1.72. The molecule has 0 heterocycles. The van der Waals surface area contributed by atoms with Gasteiger partial charge in [-0.15, -0.1) is 0 Å². The standard InChI is InChI=1S/C11H17NO2S/c1-4-9-7-6-8-10(5-2)11(9)15(13,14)12-3/h6-8,12H,4-5H2,1-3H3. The Hall–Kier alpha value is -0.870. The minimum absolute atomic E-state index is 0.456. The van der Waals surface area contributed by atoms with Crippen LogP contribution in [0, 0.1) is 0 Å². The topological polar surface area (TPSA) is 46.2 Å². The number of sulfonamides is 1. The maximum atomic E-state index is 11.8. The highest BCUT2D eigenvalue weighted by molar-refractivity contribution is 7.89. The van der Waals surface area contributed by atoms with Gasteiger partial charge in [0.1, 0.15) is 0 Å². The molecule has 0 spiro atoms. The molecule has 0 aliphatic rings. The van der Waals surface area contributed by atoms with Gasteiger partial charge in [0.25, 0.3) is 0 Å². The van der Waals surface area contributed by atoms with Gasteiger partial charge < -0.3 is 0 Å². The van der Waals surface area contributed by atoms with Gasteiger partial charge in [-0.05, 0) is 31.0 Å². The van der Waals surface area contributed by atoms with Gasteiger partial charge in [-0.3, -0.25) is 0 Å². The third kappa shape index (κ3) is 2.38. The van der Waals surface area contributed by atoms with Crippen molar-refractivity contribution in [2.75, 3.05) is 7.05 Å². The van der Waals surface area contributed by atoms with Crippen molar-refractivity contribution in [2.24, 2.45) is 0 Å². The maximum absolute atomic E-state index is 11.8. The van der Waals surface area contributed by atoms with E-state index in [9.17, 15) is 8.42 Å². The molecule has 0 bridgehead atoms. The van der Waals surface area contributed by atoms with Gasteiger partial charge in [0, 0.05) is 0 Å².